The van der Waals surface area contributed by atoms with E-state index in [1.165, 1.54) is 0 Å². The molecule has 18 heavy (non-hydrogen) atoms. The van der Waals surface area contributed by atoms with E-state index < -0.39 is 0 Å². The molecule has 96 valence electrons. The first kappa shape index (κ1) is 13.0. The molecule has 0 saturated heterocycles. The minimum Gasteiger partial charge on any atom is -0.495 e. The summed E-state index contributed by atoms with van der Waals surface area (Å²) in [5, 5.41) is 3.39. The van der Waals surface area contributed by atoms with E-state index in [1.54, 1.807) is 25.3 Å². The van der Waals surface area contributed by atoms with Crippen LogP contribution in [0.2, 0.25) is 5.02 Å². The van der Waals surface area contributed by atoms with Crippen LogP contribution in [0.5, 0.6) is 5.75 Å². The highest BCUT2D eigenvalue weighted by atomic mass is 35.5. The number of nitrogens with one attached hydrogen (secondary N) is 1. The van der Waals surface area contributed by atoms with Crippen LogP contribution < -0.4 is 10.1 Å². The fourth-order valence-corrected chi connectivity index (χ4v) is 2.28. The van der Waals surface area contributed by atoms with Crippen LogP contribution in [0.15, 0.2) is 30.4 Å². The molecular weight excluding hydrogens is 250 g/mol. The van der Waals surface area contributed by atoms with Gasteiger partial charge in [-0.25, -0.2) is 0 Å². The molecule has 0 fully saturated rings. The lowest BCUT2D eigenvalue weighted by Crippen LogP contribution is -2.23. The number of ether oxygens (including phenoxy) is 1. The lowest BCUT2D eigenvalue weighted by Gasteiger charge is -2.17. The Morgan fingerprint density at radius 3 is 2.89 bits per heavy atom. The van der Waals surface area contributed by atoms with Crippen molar-refractivity contribution in [2.45, 2.75) is 19.3 Å². The molecule has 4 heteroatoms. The Bertz CT molecular complexity index is 471. The van der Waals surface area contributed by atoms with Crippen LogP contribution in [0.1, 0.15) is 19.3 Å². The van der Waals surface area contributed by atoms with E-state index >= 15 is 0 Å². The number of hydrogen-bond donors (Lipinski definition) is 1. The van der Waals surface area contributed by atoms with Crippen LogP contribution in [0.4, 0.5) is 5.69 Å². The molecule has 1 aromatic rings. The number of hydrogen-bond acceptors (Lipinski definition) is 2. The molecular formula is C14H16ClNO2. The van der Waals surface area contributed by atoms with Crippen LogP contribution in [-0.2, 0) is 4.79 Å². The number of allylic oxidation sites excluding steroid dienone is 2. The van der Waals surface area contributed by atoms with Gasteiger partial charge in [-0.1, -0.05) is 23.8 Å². The van der Waals surface area contributed by atoms with Crippen molar-refractivity contribution in [3.8, 4) is 5.75 Å². The van der Waals surface area contributed by atoms with Crippen molar-refractivity contribution in [2.75, 3.05) is 12.4 Å². The van der Waals surface area contributed by atoms with E-state index in [4.69, 9.17) is 16.3 Å². The van der Waals surface area contributed by atoms with Gasteiger partial charge in [0.15, 0.2) is 0 Å². The number of methoxy groups -OCH3 is 1. The lowest BCUT2D eigenvalue weighted by molar-refractivity contribution is -0.120. The molecule has 1 aliphatic carbocycles. The third kappa shape index (κ3) is 3.05. The quantitative estimate of drug-likeness (QED) is 0.848. The Labute approximate surface area is 112 Å². The van der Waals surface area contributed by atoms with Crippen molar-refractivity contribution in [3.05, 3.63) is 35.4 Å². The number of amides is 1. The maximum absolute atomic E-state index is 12.0. The predicted molar refractivity (Wildman–Crippen MR) is 73.1 cm³/mol. The van der Waals surface area contributed by atoms with Crippen molar-refractivity contribution < 1.29 is 9.53 Å². The molecule has 2 rings (SSSR count). The normalized spacial score (nSPS) is 18.4. The minimum atomic E-state index is 0.0561. The zero-order valence-corrected chi connectivity index (χ0v) is 11.0. The molecule has 1 amide bonds. The van der Waals surface area contributed by atoms with Crippen molar-refractivity contribution in [1.29, 1.82) is 0 Å². The van der Waals surface area contributed by atoms with Gasteiger partial charge < -0.3 is 10.1 Å². The first-order valence-electron chi connectivity index (χ1n) is 6.00. The van der Waals surface area contributed by atoms with E-state index in [1.807, 2.05) is 0 Å². The maximum Gasteiger partial charge on any atom is 0.227 e. The summed E-state index contributed by atoms with van der Waals surface area (Å²) in [5.74, 6) is 0.728. The van der Waals surface area contributed by atoms with Gasteiger partial charge >= 0.3 is 0 Å². The first-order chi connectivity index (χ1) is 8.70. The van der Waals surface area contributed by atoms with Gasteiger partial charge in [0.05, 0.1) is 12.1 Å². The van der Waals surface area contributed by atoms with Gasteiger partial charge in [-0.15, -0.1) is 0 Å². The molecule has 1 aliphatic rings. The molecule has 0 spiro atoms. The number of benzene rings is 1. The summed E-state index contributed by atoms with van der Waals surface area (Å²) in [5.41, 5.74) is 0.709. The van der Waals surface area contributed by atoms with Crippen molar-refractivity contribution in [3.63, 3.8) is 0 Å². The van der Waals surface area contributed by atoms with Crippen LogP contribution in [0.3, 0.4) is 0 Å². The Morgan fingerprint density at radius 2 is 2.28 bits per heavy atom. The smallest absolute Gasteiger partial charge is 0.227 e. The number of carbonyl (C=O) groups is 1. The fraction of sp³-hybridized carbons (Fsp3) is 0.357. The third-order valence-corrected chi connectivity index (χ3v) is 3.35. The molecule has 0 heterocycles. The third-order valence-electron chi connectivity index (χ3n) is 3.06. The summed E-state index contributed by atoms with van der Waals surface area (Å²) in [7, 11) is 1.56. The predicted octanol–water partition coefficient (Wildman–Crippen LogP) is 3.64. The zero-order valence-electron chi connectivity index (χ0n) is 10.3. The molecule has 0 unspecified atom stereocenters. The highest BCUT2D eigenvalue weighted by molar-refractivity contribution is 6.32. The topological polar surface area (TPSA) is 38.3 Å². The average Bonchev–Trinajstić information content (AvgIpc) is 2.40. The molecule has 1 N–H and O–H groups in total. The van der Waals surface area contributed by atoms with Crippen LogP contribution in [0.25, 0.3) is 0 Å². The van der Waals surface area contributed by atoms with Gasteiger partial charge in [0.1, 0.15) is 5.75 Å². The number of rotatable bonds is 3. The first-order valence-corrected chi connectivity index (χ1v) is 6.38. The molecule has 3 nitrogen and oxygen atoms in total. The highest BCUT2D eigenvalue weighted by Crippen LogP contribution is 2.28. The van der Waals surface area contributed by atoms with Crippen LogP contribution in [-0.4, -0.2) is 13.0 Å². The van der Waals surface area contributed by atoms with Crippen molar-refractivity contribution in [2.24, 2.45) is 5.92 Å². The Morgan fingerprint density at radius 1 is 1.44 bits per heavy atom. The largest absolute Gasteiger partial charge is 0.495 e. The monoisotopic (exact) mass is 265 g/mol. The van der Waals surface area contributed by atoms with Gasteiger partial charge in [-0.05, 0) is 37.5 Å². The van der Waals surface area contributed by atoms with E-state index in [0.29, 0.717) is 16.5 Å². The van der Waals surface area contributed by atoms with Crippen molar-refractivity contribution in [1.82, 2.24) is 0 Å². The molecule has 0 saturated carbocycles. The summed E-state index contributed by atoms with van der Waals surface area (Å²) in [6.45, 7) is 0. The second kappa shape index (κ2) is 5.91. The fourth-order valence-electron chi connectivity index (χ4n) is 2.02. The number of anilines is 1. The van der Waals surface area contributed by atoms with Gasteiger partial charge in [0, 0.05) is 11.6 Å². The lowest BCUT2D eigenvalue weighted by atomic mass is 9.93. The molecule has 1 aromatic carbocycles. The summed E-state index contributed by atoms with van der Waals surface area (Å²) in [4.78, 5) is 12.0. The zero-order chi connectivity index (χ0) is 13.0. The molecule has 0 bridgehead atoms. The Kier molecular flexibility index (Phi) is 4.26. The Hall–Kier alpha value is -1.48. The summed E-state index contributed by atoms with van der Waals surface area (Å²) < 4.78 is 5.07. The average molecular weight is 266 g/mol. The SMILES string of the molecule is COc1ccc(NC(=O)[C@@H]2CC=CCC2)cc1Cl. The number of halogens is 1. The highest BCUT2D eigenvalue weighted by Gasteiger charge is 2.18. The molecule has 1 atom stereocenters. The number of carbonyl (C=O) groups excluding carboxylic acids is 1. The second-order valence-electron chi connectivity index (χ2n) is 4.32. The van der Waals surface area contributed by atoms with E-state index in [9.17, 15) is 4.79 Å². The van der Waals surface area contributed by atoms with Gasteiger partial charge in [-0.3, -0.25) is 4.79 Å². The summed E-state index contributed by atoms with van der Waals surface area (Å²) in [6, 6.07) is 5.25. The molecule has 0 radical (unpaired) electrons. The second-order valence-corrected chi connectivity index (χ2v) is 4.73. The minimum absolute atomic E-state index is 0.0561. The maximum atomic E-state index is 12.0. The van der Waals surface area contributed by atoms with Crippen molar-refractivity contribution >= 4 is 23.2 Å². The van der Waals surface area contributed by atoms with E-state index in [2.05, 4.69) is 17.5 Å². The Balaban J connectivity index is 2.02. The van der Waals surface area contributed by atoms with Crippen LogP contribution >= 0.6 is 11.6 Å². The van der Waals surface area contributed by atoms with Crippen LogP contribution in [0, 0.1) is 5.92 Å². The standard InChI is InChI=1S/C14H16ClNO2/c1-18-13-8-7-11(9-12(13)15)16-14(17)10-5-3-2-4-6-10/h2-3,7-10H,4-6H2,1H3,(H,16,17)/t10-/m1/s1. The summed E-state index contributed by atoms with van der Waals surface area (Å²) in [6.07, 6.45) is 6.88. The molecule has 0 aliphatic heterocycles. The van der Waals surface area contributed by atoms with Gasteiger partial charge in [0.25, 0.3) is 0 Å². The van der Waals surface area contributed by atoms with E-state index in [-0.39, 0.29) is 11.8 Å². The van der Waals surface area contributed by atoms with E-state index in [0.717, 1.165) is 19.3 Å². The summed E-state index contributed by atoms with van der Waals surface area (Å²) >= 11 is 6.01. The van der Waals surface area contributed by atoms with Gasteiger partial charge in [0.2, 0.25) is 5.91 Å². The molecule has 0 aromatic heterocycles. The van der Waals surface area contributed by atoms with Gasteiger partial charge in [-0.2, -0.15) is 0 Å².